The molecule has 1 aliphatic carbocycles. The predicted octanol–water partition coefficient (Wildman–Crippen LogP) is 5.28. The van der Waals surface area contributed by atoms with Crippen LogP contribution in [0, 0.1) is 11.7 Å². The Hall–Kier alpha value is -1.84. The summed E-state index contributed by atoms with van der Waals surface area (Å²) in [4.78, 5) is 12.7. The highest BCUT2D eigenvalue weighted by Gasteiger charge is 2.19. The van der Waals surface area contributed by atoms with E-state index in [2.05, 4.69) is 12.2 Å². The van der Waals surface area contributed by atoms with Crippen LogP contribution in [0.15, 0.2) is 24.4 Å². The van der Waals surface area contributed by atoms with Crippen molar-refractivity contribution in [2.24, 2.45) is 5.92 Å². The summed E-state index contributed by atoms with van der Waals surface area (Å²) in [5.74, 6) is 0.103. The molecule has 0 atom stereocenters. The van der Waals surface area contributed by atoms with Gasteiger partial charge in [0.15, 0.2) is 0 Å². The van der Waals surface area contributed by atoms with Gasteiger partial charge in [-0.3, -0.25) is 4.79 Å². The van der Waals surface area contributed by atoms with E-state index in [1.54, 1.807) is 6.07 Å². The van der Waals surface area contributed by atoms with Gasteiger partial charge in [-0.15, -0.1) is 0 Å². The molecule has 0 unspecified atom stereocenters. The highest BCUT2D eigenvalue weighted by molar-refractivity contribution is 6.07. The SMILES string of the molecule is CCCCn1cc(C(=O)NCC2CCCCCC2)c2c(F)cccc21. The fourth-order valence-electron chi connectivity index (χ4n) is 3.89. The van der Waals surface area contributed by atoms with Gasteiger partial charge >= 0.3 is 0 Å². The van der Waals surface area contributed by atoms with Crippen LogP contribution in [0.5, 0.6) is 0 Å². The first-order chi connectivity index (χ1) is 12.2. The first-order valence-electron chi connectivity index (χ1n) is 9.76. The molecule has 1 aromatic carbocycles. The van der Waals surface area contributed by atoms with E-state index in [1.165, 1.54) is 44.6 Å². The van der Waals surface area contributed by atoms with E-state index in [0.29, 0.717) is 23.4 Å². The van der Waals surface area contributed by atoms with Crippen LogP contribution >= 0.6 is 0 Å². The molecule has 0 aliphatic heterocycles. The van der Waals surface area contributed by atoms with Crippen LogP contribution in [-0.4, -0.2) is 17.0 Å². The Bertz CT molecular complexity index is 714. The lowest BCUT2D eigenvalue weighted by molar-refractivity contribution is 0.0947. The van der Waals surface area contributed by atoms with Crippen LogP contribution in [0.2, 0.25) is 0 Å². The number of benzene rings is 1. The van der Waals surface area contributed by atoms with Crippen LogP contribution in [0.25, 0.3) is 10.9 Å². The number of halogens is 1. The van der Waals surface area contributed by atoms with Crippen LogP contribution in [0.1, 0.15) is 68.6 Å². The highest BCUT2D eigenvalue weighted by atomic mass is 19.1. The van der Waals surface area contributed by atoms with Crippen molar-refractivity contribution in [1.29, 1.82) is 0 Å². The molecular formula is C21H29FN2O. The minimum Gasteiger partial charge on any atom is -0.352 e. The third kappa shape index (κ3) is 4.23. The fourth-order valence-corrected chi connectivity index (χ4v) is 3.89. The van der Waals surface area contributed by atoms with Crippen molar-refractivity contribution in [3.8, 4) is 0 Å². The largest absolute Gasteiger partial charge is 0.352 e. The Morgan fingerprint density at radius 2 is 2.00 bits per heavy atom. The first-order valence-corrected chi connectivity index (χ1v) is 9.76. The molecule has 1 amide bonds. The number of amides is 1. The number of rotatable bonds is 6. The molecule has 1 fully saturated rings. The molecule has 136 valence electrons. The molecule has 2 aromatic rings. The van der Waals surface area contributed by atoms with Crippen molar-refractivity contribution >= 4 is 16.8 Å². The minimum atomic E-state index is -0.313. The molecule has 4 heteroatoms. The Morgan fingerprint density at radius 1 is 1.24 bits per heavy atom. The number of hydrogen-bond donors (Lipinski definition) is 1. The Balaban J connectivity index is 1.78. The summed E-state index contributed by atoms with van der Waals surface area (Å²) in [7, 11) is 0. The summed E-state index contributed by atoms with van der Waals surface area (Å²) >= 11 is 0. The van der Waals surface area contributed by atoms with Crippen LogP contribution < -0.4 is 5.32 Å². The number of carbonyl (C=O) groups is 1. The van der Waals surface area contributed by atoms with Gasteiger partial charge in [-0.05, 0) is 37.3 Å². The maximum absolute atomic E-state index is 14.4. The fraction of sp³-hybridized carbons (Fsp3) is 0.571. The molecule has 1 aromatic heterocycles. The average Bonchev–Trinajstić information content (AvgIpc) is 2.80. The van der Waals surface area contributed by atoms with E-state index in [1.807, 2.05) is 16.8 Å². The van der Waals surface area contributed by atoms with E-state index >= 15 is 0 Å². The van der Waals surface area contributed by atoms with Gasteiger partial charge in [0.05, 0.1) is 11.1 Å². The van der Waals surface area contributed by atoms with E-state index in [9.17, 15) is 9.18 Å². The predicted molar refractivity (Wildman–Crippen MR) is 100 cm³/mol. The van der Waals surface area contributed by atoms with Gasteiger partial charge in [-0.25, -0.2) is 4.39 Å². The normalized spacial score (nSPS) is 16.1. The maximum atomic E-state index is 14.4. The molecule has 0 saturated heterocycles. The summed E-state index contributed by atoms with van der Waals surface area (Å²) in [6, 6.07) is 5.05. The molecular weight excluding hydrogens is 315 g/mol. The number of carbonyl (C=O) groups excluding carboxylic acids is 1. The molecule has 3 rings (SSSR count). The number of fused-ring (bicyclic) bond motifs is 1. The quantitative estimate of drug-likeness (QED) is 0.711. The zero-order chi connectivity index (χ0) is 17.6. The lowest BCUT2D eigenvalue weighted by atomic mass is 10.0. The van der Waals surface area contributed by atoms with E-state index in [-0.39, 0.29) is 11.7 Å². The van der Waals surface area contributed by atoms with Crippen molar-refractivity contribution in [2.45, 2.75) is 64.8 Å². The molecule has 0 bridgehead atoms. The average molecular weight is 344 g/mol. The number of nitrogens with zero attached hydrogens (tertiary/aromatic N) is 1. The van der Waals surface area contributed by atoms with Crippen molar-refractivity contribution < 1.29 is 9.18 Å². The third-order valence-electron chi connectivity index (χ3n) is 5.38. The Morgan fingerprint density at radius 3 is 2.72 bits per heavy atom. The van der Waals surface area contributed by atoms with E-state index in [0.717, 1.165) is 24.9 Å². The summed E-state index contributed by atoms with van der Waals surface area (Å²) in [5.41, 5.74) is 1.28. The third-order valence-corrected chi connectivity index (χ3v) is 5.38. The molecule has 1 aliphatic rings. The second-order valence-corrected chi connectivity index (χ2v) is 7.29. The van der Waals surface area contributed by atoms with Crippen LogP contribution in [-0.2, 0) is 6.54 Å². The first kappa shape index (κ1) is 18.0. The van der Waals surface area contributed by atoms with Gasteiger partial charge in [0, 0.05) is 24.7 Å². The summed E-state index contributed by atoms with van der Waals surface area (Å²) in [6.07, 6.45) is 11.4. The molecule has 0 radical (unpaired) electrons. The number of hydrogen-bond acceptors (Lipinski definition) is 1. The second kappa shape index (κ2) is 8.50. The monoisotopic (exact) mass is 344 g/mol. The van der Waals surface area contributed by atoms with Crippen molar-refractivity contribution in [2.75, 3.05) is 6.54 Å². The Kier molecular flexibility index (Phi) is 6.11. The number of nitrogens with one attached hydrogen (secondary N) is 1. The molecule has 1 N–H and O–H groups in total. The topological polar surface area (TPSA) is 34.0 Å². The molecule has 1 saturated carbocycles. The lowest BCUT2D eigenvalue weighted by Gasteiger charge is -2.14. The van der Waals surface area contributed by atoms with Crippen molar-refractivity contribution in [3.63, 3.8) is 0 Å². The summed E-state index contributed by atoms with van der Waals surface area (Å²) < 4.78 is 16.4. The van der Waals surface area contributed by atoms with Crippen LogP contribution in [0.3, 0.4) is 0 Å². The summed E-state index contributed by atoms with van der Waals surface area (Å²) in [6.45, 7) is 3.65. The highest BCUT2D eigenvalue weighted by Crippen LogP contribution is 2.26. The minimum absolute atomic E-state index is 0.144. The van der Waals surface area contributed by atoms with Gasteiger partial charge in [-0.1, -0.05) is 45.1 Å². The summed E-state index contributed by atoms with van der Waals surface area (Å²) in [5, 5.41) is 3.52. The van der Waals surface area contributed by atoms with Gasteiger partial charge in [0.2, 0.25) is 0 Å². The molecule has 1 heterocycles. The zero-order valence-electron chi connectivity index (χ0n) is 15.2. The lowest BCUT2D eigenvalue weighted by Crippen LogP contribution is -2.29. The number of aromatic nitrogens is 1. The number of aryl methyl sites for hydroxylation is 1. The Labute approximate surface area is 149 Å². The standard InChI is InChI=1S/C21H29FN2O/c1-2-3-13-24-15-17(20-18(22)11-8-12-19(20)24)21(25)23-14-16-9-6-4-5-7-10-16/h8,11-12,15-16H,2-7,9-10,13-14H2,1H3,(H,23,25). The van der Waals surface area contributed by atoms with Crippen molar-refractivity contribution in [3.05, 3.63) is 35.8 Å². The molecule has 25 heavy (non-hydrogen) atoms. The van der Waals surface area contributed by atoms with Crippen molar-refractivity contribution in [1.82, 2.24) is 9.88 Å². The maximum Gasteiger partial charge on any atom is 0.253 e. The smallest absolute Gasteiger partial charge is 0.253 e. The van der Waals surface area contributed by atoms with Gasteiger partial charge in [0.1, 0.15) is 5.82 Å². The van der Waals surface area contributed by atoms with E-state index < -0.39 is 0 Å². The zero-order valence-corrected chi connectivity index (χ0v) is 15.2. The van der Waals surface area contributed by atoms with Crippen LogP contribution in [0.4, 0.5) is 4.39 Å². The van der Waals surface area contributed by atoms with Gasteiger partial charge < -0.3 is 9.88 Å². The van der Waals surface area contributed by atoms with Gasteiger partial charge in [0.25, 0.3) is 5.91 Å². The number of unbranched alkanes of at least 4 members (excludes halogenated alkanes) is 1. The molecule has 0 spiro atoms. The molecule has 3 nitrogen and oxygen atoms in total. The van der Waals surface area contributed by atoms with Gasteiger partial charge in [-0.2, -0.15) is 0 Å². The second-order valence-electron chi connectivity index (χ2n) is 7.29. The van der Waals surface area contributed by atoms with E-state index in [4.69, 9.17) is 0 Å².